The topological polar surface area (TPSA) is 73.9 Å². The minimum Gasteiger partial charge on any atom is -0.493 e. The van der Waals surface area contributed by atoms with E-state index in [0.717, 1.165) is 5.56 Å². The normalized spacial score (nSPS) is 10.6. The van der Waals surface area contributed by atoms with Gasteiger partial charge in [-0.3, -0.25) is 4.79 Å². The molecule has 0 fully saturated rings. The predicted molar refractivity (Wildman–Crippen MR) is 109 cm³/mol. The molecule has 0 radical (unpaired) electrons. The maximum atomic E-state index is 12.7. The van der Waals surface area contributed by atoms with E-state index in [9.17, 15) is 18.4 Å². The van der Waals surface area contributed by atoms with Crippen molar-refractivity contribution in [1.82, 2.24) is 0 Å². The lowest BCUT2D eigenvalue weighted by Gasteiger charge is -2.12. The molecule has 0 atom stereocenters. The third kappa shape index (κ3) is 4.57. The highest BCUT2D eigenvalue weighted by molar-refractivity contribution is 7.15. The molecule has 0 aliphatic heterocycles. The minimum absolute atomic E-state index is 0.0210. The molecule has 1 amide bonds. The van der Waals surface area contributed by atoms with Gasteiger partial charge >= 0.3 is 12.6 Å². The van der Waals surface area contributed by atoms with Crippen molar-refractivity contribution in [3.63, 3.8) is 0 Å². The third-order valence-corrected chi connectivity index (χ3v) is 5.03. The fourth-order valence-electron chi connectivity index (χ4n) is 2.76. The van der Waals surface area contributed by atoms with Crippen LogP contribution in [0.1, 0.15) is 20.7 Å². The van der Waals surface area contributed by atoms with Gasteiger partial charge in [-0.25, -0.2) is 4.79 Å². The van der Waals surface area contributed by atoms with Gasteiger partial charge in [0.25, 0.3) is 5.91 Å². The Hall–Kier alpha value is -3.46. The molecule has 0 aliphatic carbocycles. The number of carbonyl (C=O) groups is 2. The van der Waals surface area contributed by atoms with E-state index in [0.29, 0.717) is 10.6 Å². The number of hydrogen-bond acceptors (Lipinski definition) is 6. The van der Waals surface area contributed by atoms with Crippen LogP contribution in [-0.4, -0.2) is 32.7 Å². The number of carbonyl (C=O) groups excluding carboxylic acids is 2. The summed E-state index contributed by atoms with van der Waals surface area (Å²) in [6.07, 6.45) is 0. The maximum Gasteiger partial charge on any atom is 0.387 e. The molecule has 0 saturated heterocycles. The lowest BCUT2D eigenvalue weighted by molar-refractivity contribution is -0.0512. The monoisotopic (exact) mass is 433 g/mol. The molecule has 1 N–H and O–H groups in total. The first kappa shape index (κ1) is 21.3. The first-order chi connectivity index (χ1) is 14.4. The number of benzene rings is 2. The first-order valence-electron chi connectivity index (χ1n) is 8.64. The lowest BCUT2D eigenvalue weighted by atomic mass is 10.0. The zero-order chi connectivity index (χ0) is 21.7. The van der Waals surface area contributed by atoms with Crippen LogP contribution in [0.15, 0.2) is 53.9 Å². The van der Waals surface area contributed by atoms with Gasteiger partial charge in [0.1, 0.15) is 10.6 Å². The molecule has 0 bridgehead atoms. The molecular weight excluding hydrogens is 416 g/mol. The molecule has 1 heterocycles. The molecule has 0 spiro atoms. The van der Waals surface area contributed by atoms with Crippen molar-refractivity contribution < 1.29 is 32.6 Å². The zero-order valence-electron chi connectivity index (χ0n) is 16.0. The van der Waals surface area contributed by atoms with Crippen molar-refractivity contribution in [3.8, 4) is 22.6 Å². The van der Waals surface area contributed by atoms with Crippen LogP contribution in [0.2, 0.25) is 0 Å². The number of halogens is 2. The number of esters is 1. The fraction of sp³-hybridized carbons (Fsp3) is 0.143. The Bertz CT molecular complexity index is 1050. The van der Waals surface area contributed by atoms with Crippen LogP contribution in [0.4, 0.5) is 13.8 Å². The number of alkyl halides is 2. The molecule has 1 aromatic heterocycles. The van der Waals surface area contributed by atoms with E-state index in [1.807, 2.05) is 30.3 Å². The Morgan fingerprint density at radius 3 is 2.40 bits per heavy atom. The van der Waals surface area contributed by atoms with Crippen molar-refractivity contribution in [1.29, 1.82) is 0 Å². The minimum atomic E-state index is -3.02. The zero-order valence-corrected chi connectivity index (χ0v) is 16.8. The first-order valence-corrected chi connectivity index (χ1v) is 9.52. The lowest BCUT2D eigenvalue weighted by Crippen LogP contribution is -2.14. The quantitative estimate of drug-likeness (QED) is 0.527. The molecular formula is C21H17F2NO5S. The highest BCUT2D eigenvalue weighted by Crippen LogP contribution is 2.37. The van der Waals surface area contributed by atoms with E-state index in [2.05, 4.69) is 10.1 Å². The summed E-state index contributed by atoms with van der Waals surface area (Å²) in [5, 5.41) is 4.73. The number of amides is 1. The number of anilines is 1. The van der Waals surface area contributed by atoms with Crippen LogP contribution in [0.3, 0.4) is 0 Å². The second-order valence-electron chi connectivity index (χ2n) is 5.91. The van der Waals surface area contributed by atoms with Gasteiger partial charge in [-0.2, -0.15) is 8.78 Å². The summed E-state index contributed by atoms with van der Waals surface area (Å²) in [5.41, 5.74) is 1.79. The molecule has 3 rings (SSSR count). The Labute approximate surface area is 175 Å². The van der Waals surface area contributed by atoms with E-state index >= 15 is 0 Å². The van der Waals surface area contributed by atoms with Crippen LogP contribution >= 0.6 is 11.3 Å². The third-order valence-electron chi connectivity index (χ3n) is 4.13. The molecule has 6 nitrogen and oxygen atoms in total. The van der Waals surface area contributed by atoms with Gasteiger partial charge in [-0.05, 0) is 23.8 Å². The second-order valence-corrected chi connectivity index (χ2v) is 6.79. The van der Waals surface area contributed by atoms with Gasteiger partial charge in [-0.1, -0.05) is 30.3 Å². The van der Waals surface area contributed by atoms with E-state index in [4.69, 9.17) is 9.47 Å². The highest BCUT2D eigenvalue weighted by Gasteiger charge is 2.23. The Kier molecular flexibility index (Phi) is 6.63. The van der Waals surface area contributed by atoms with E-state index in [1.165, 1.54) is 43.8 Å². The number of thiophene rings is 1. The number of hydrogen-bond donors (Lipinski definition) is 1. The Morgan fingerprint density at radius 1 is 1.03 bits per heavy atom. The van der Waals surface area contributed by atoms with Gasteiger partial charge in [0, 0.05) is 16.5 Å². The molecule has 0 saturated carbocycles. The average molecular weight is 433 g/mol. The summed E-state index contributed by atoms with van der Waals surface area (Å²) in [5.74, 6) is -1.36. The number of ether oxygens (including phenoxy) is 3. The van der Waals surface area contributed by atoms with Crippen molar-refractivity contribution in [2.45, 2.75) is 6.61 Å². The highest BCUT2D eigenvalue weighted by atomic mass is 32.1. The van der Waals surface area contributed by atoms with Crippen molar-refractivity contribution >= 4 is 28.2 Å². The van der Waals surface area contributed by atoms with Crippen LogP contribution < -0.4 is 14.8 Å². The van der Waals surface area contributed by atoms with Gasteiger partial charge in [-0.15, -0.1) is 11.3 Å². The van der Waals surface area contributed by atoms with E-state index < -0.39 is 18.5 Å². The summed E-state index contributed by atoms with van der Waals surface area (Å²) in [4.78, 5) is 25.1. The van der Waals surface area contributed by atoms with Crippen LogP contribution in [0.25, 0.3) is 11.1 Å². The summed E-state index contributed by atoms with van der Waals surface area (Å²) < 4.78 is 39.2. The van der Waals surface area contributed by atoms with Crippen molar-refractivity contribution in [2.75, 3.05) is 19.5 Å². The van der Waals surface area contributed by atoms with E-state index in [-0.39, 0.29) is 22.6 Å². The maximum absolute atomic E-state index is 12.7. The molecule has 156 valence electrons. The standard InChI is InChI=1S/C21H17F2NO5S/c1-27-16-10-13(8-9-15(16)29-21(22)23)18(25)24-19-17(20(26)28-2)14(11-30-19)12-6-4-3-5-7-12/h3-11,21H,1-2H3,(H,24,25). The average Bonchev–Trinajstić information content (AvgIpc) is 3.17. The van der Waals surface area contributed by atoms with E-state index in [1.54, 1.807) is 5.38 Å². The Morgan fingerprint density at radius 2 is 1.77 bits per heavy atom. The van der Waals surface area contributed by atoms with Gasteiger partial charge in [0.15, 0.2) is 11.5 Å². The largest absolute Gasteiger partial charge is 0.493 e. The molecule has 9 heteroatoms. The molecule has 2 aromatic carbocycles. The van der Waals surface area contributed by atoms with Crippen LogP contribution in [0, 0.1) is 0 Å². The van der Waals surface area contributed by atoms with Crippen LogP contribution in [0.5, 0.6) is 11.5 Å². The predicted octanol–water partition coefficient (Wildman–Crippen LogP) is 5.06. The molecule has 0 unspecified atom stereocenters. The summed E-state index contributed by atoms with van der Waals surface area (Å²) in [6.45, 7) is -3.02. The van der Waals surface area contributed by atoms with Gasteiger partial charge < -0.3 is 19.5 Å². The Balaban J connectivity index is 1.92. The smallest absolute Gasteiger partial charge is 0.387 e. The number of methoxy groups -OCH3 is 2. The van der Waals surface area contributed by atoms with Crippen molar-refractivity contribution in [3.05, 3.63) is 65.0 Å². The van der Waals surface area contributed by atoms with Gasteiger partial charge in [0.2, 0.25) is 0 Å². The molecule has 0 aliphatic rings. The van der Waals surface area contributed by atoms with Gasteiger partial charge in [0.05, 0.1) is 14.2 Å². The van der Waals surface area contributed by atoms with Crippen molar-refractivity contribution in [2.24, 2.45) is 0 Å². The molecule has 30 heavy (non-hydrogen) atoms. The fourth-order valence-corrected chi connectivity index (χ4v) is 3.71. The van der Waals surface area contributed by atoms with Crippen LogP contribution in [-0.2, 0) is 4.74 Å². The number of rotatable bonds is 7. The SMILES string of the molecule is COC(=O)c1c(-c2ccccc2)csc1NC(=O)c1ccc(OC(F)F)c(OC)c1. The second kappa shape index (κ2) is 9.36. The summed E-state index contributed by atoms with van der Waals surface area (Å²) in [6, 6.07) is 13.0. The number of nitrogens with one attached hydrogen (secondary N) is 1. The molecule has 3 aromatic rings. The summed E-state index contributed by atoms with van der Waals surface area (Å²) in [7, 11) is 2.53. The summed E-state index contributed by atoms with van der Waals surface area (Å²) >= 11 is 1.17.